The molecule has 1 N–H and O–H groups in total. The Kier molecular flexibility index (Phi) is 3.61. The lowest BCUT2D eigenvalue weighted by molar-refractivity contribution is -0.153. The van der Waals surface area contributed by atoms with Gasteiger partial charge < -0.3 is 14.6 Å². The van der Waals surface area contributed by atoms with Gasteiger partial charge in [-0.3, -0.25) is 0 Å². The molecule has 0 spiro atoms. The molecule has 1 aromatic carbocycles. The van der Waals surface area contributed by atoms with Crippen molar-refractivity contribution >= 4 is 11.6 Å². The number of rotatable bonds is 4. The van der Waals surface area contributed by atoms with Gasteiger partial charge in [-0.25, -0.2) is 0 Å². The largest absolute Gasteiger partial charge is 0.493 e. The van der Waals surface area contributed by atoms with Crippen molar-refractivity contribution in [1.82, 2.24) is 0 Å². The lowest BCUT2D eigenvalue weighted by Gasteiger charge is -2.39. The fourth-order valence-electron chi connectivity index (χ4n) is 1.84. The van der Waals surface area contributed by atoms with E-state index in [1.165, 1.54) is 0 Å². The van der Waals surface area contributed by atoms with Gasteiger partial charge in [-0.15, -0.1) is 0 Å². The fourth-order valence-corrected chi connectivity index (χ4v) is 1.95. The zero-order valence-corrected chi connectivity index (χ0v) is 10.9. The molecule has 1 saturated heterocycles. The molecule has 94 valence electrons. The van der Waals surface area contributed by atoms with E-state index in [1.54, 1.807) is 0 Å². The average molecular weight is 257 g/mol. The zero-order chi connectivity index (χ0) is 12.5. The molecular formula is C13H17ClO3. The van der Waals surface area contributed by atoms with Crippen LogP contribution in [0.25, 0.3) is 0 Å². The van der Waals surface area contributed by atoms with E-state index in [1.807, 2.05) is 26.0 Å². The van der Waals surface area contributed by atoms with Gasteiger partial charge in [-0.1, -0.05) is 11.6 Å². The minimum absolute atomic E-state index is 0.0958. The highest BCUT2D eigenvalue weighted by molar-refractivity contribution is 6.32. The number of benzene rings is 1. The third-order valence-corrected chi connectivity index (χ3v) is 3.70. The molecule has 1 fully saturated rings. The Morgan fingerprint density at radius 3 is 2.35 bits per heavy atom. The predicted molar refractivity (Wildman–Crippen MR) is 66.8 cm³/mol. The first kappa shape index (κ1) is 12.7. The number of halogens is 1. The van der Waals surface area contributed by atoms with Gasteiger partial charge in [0.2, 0.25) is 0 Å². The highest BCUT2D eigenvalue weighted by Crippen LogP contribution is 2.30. The second-order valence-electron chi connectivity index (χ2n) is 4.81. The Labute approximate surface area is 106 Å². The molecular weight excluding hydrogens is 240 g/mol. The van der Waals surface area contributed by atoms with Gasteiger partial charge in [0.25, 0.3) is 0 Å². The van der Waals surface area contributed by atoms with Gasteiger partial charge in [0.1, 0.15) is 12.4 Å². The number of hydrogen-bond donors (Lipinski definition) is 1. The number of aliphatic hydroxyl groups excluding tert-OH is 1. The van der Waals surface area contributed by atoms with Crippen LogP contribution in [0, 0.1) is 19.3 Å². The van der Waals surface area contributed by atoms with Crippen molar-refractivity contribution in [2.75, 3.05) is 26.4 Å². The van der Waals surface area contributed by atoms with Crippen LogP contribution >= 0.6 is 11.6 Å². The van der Waals surface area contributed by atoms with Crippen LogP contribution in [-0.4, -0.2) is 31.5 Å². The summed E-state index contributed by atoms with van der Waals surface area (Å²) in [7, 11) is 0. The summed E-state index contributed by atoms with van der Waals surface area (Å²) >= 11 is 6.09. The summed E-state index contributed by atoms with van der Waals surface area (Å²) < 4.78 is 10.8. The van der Waals surface area contributed by atoms with Crippen LogP contribution in [0.4, 0.5) is 0 Å². The summed E-state index contributed by atoms with van der Waals surface area (Å²) in [6.07, 6.45) is 0. The summed E-state index contributed by atoms with van der Waals surface area (Å²) in [5.74, 6) is 0.795. The van der Waals surface area contributed by atoms with Gasteiger partial charge in [0, 0.05) is 5.02 Å². The van der Waals surface area contributed by atoms with Crippen LogP contribution in [0.1, 0.15) is 11.1 Å². The molecule has 0 aromatic heterocycles. The Hall–Kier alpha value is -0.770. The molecule has 0 unspecified atom stereocenters. The number of aliphatic hydroxyl groups is 1. The maximum absolute atomic E-state index is 9.29. The van der Waals surface area contributed by atoms with E-state index in [0.717, 1.165) is 21.9 Å². The van der Waals surface area contributed by atoms with Crippen LogP contribution in [0.15, 0.2) is 12.1 Å². The monoisotopic (exact) mass is 256 g/mol. The van der Waals surface area contributed by atoms with Crippen molar-refractivity contribution in [3.63, 3.8) is 0 Å². The van der Waals surface area contributed by atoms with E-state index in [-0.39, 0.29) is 12.0 Å². The summed E-state index contributed by atoms with van der Waals surface area (Å²) in [5.41, 5.74) is 1.79. The lowest BCUT2D eigenvalue weighted by atomic mass is 9.88. The minimum Gasteiger partial charge on any atom is -0.493 e. The summed E-state index contributed by atoms with van der Waals surface area (Å²) in [4.78, 5) is 0. The van der Waals surface area contributed by atoms with Crippen molar-refractivity contribution in [2.45, 2.75) is 13.8 Å². The summed E-state index contributed by atoms with van der Waals surface area (Å²) in [6.45, 7) is 5.61. The molecule has 17 heavy (non-hydrogen) atoms. The topological polar surface area (TPSA) is 38.7 Å². The molecule has 3 nitrogen and oxygen atoms in total. The molecule has 0 radical (unpaired) electrons. The third-order valence-electron chi connectivity index (χ3n) is 3.11. The highest BCUT2D eigenvalue weighted by Gasteiger charge is 2.39. The number of aryl methyl sites for hydroxylation is 2. The molecule has 2 rings (SSSR count). The smallest absolute Gasteiger partial charge is 0.119 e. The Morgan fingerprint density at radius 1 is 1.35 bits per heavy atom. The van der Waals surface area contributed by atoms with Gasteiger partial charge in [0.05, 0.1) is 25.2 Å². The second kappa shape index (κ2) is 4.84. The fraction of sp³-hybridized carbons (Fsp3) is 0.538. The third kappa shape index (κ3) is 2.57. The minimum atomic E-state index is -0.221. The second-order valence-corrected chi connectivity index (χ2v) is 5.19. The van der Waals surface area contributed by atoms with E-state index in [9.17, 15) is 5.11 Å². The quantitative estimate of drug-likeness (QED) is 0.899. The van der Waals surface area contributed by atoms with Crippen molar-refractivity contribution in [3.05, 3.63) is 28.3 Å². The first-order valence-corrected chi connectivity index (χ1v) is 6.02. The molecule has 1 aliphatic rings. The van der Waals surface area contributed by atoms with Crippen LogP contribution in [0.2, 0.25) is 5.02 Å². The summed E-state index contributed by atoms with van der Waals surface area (Å²) in [6, 6.07) is 3.83. The molecule has 0 aliphatic carbocycles. The van der Waals surface area contributed by atoms with Crippen molar-refractivity contribution in [3.8, 4) is 5.75 Å². The Bertz CT molecular complexity index is 385. The molecule has 0 bridgehead atoms. The van der Waals surface area contributed by atoms with Crippen LogP contribution in [0.3, 0.4) is 0 Å². The van der Waals surface area contributed by atoms with Gasteiger partial charge in [0.15, 0.2) is 0 Å². The van der Waals surface area contributed by atoms with E-state index < -0.39 is 0 Å². The molecule has 0 amide bonds. The SMILES string of the molecule is Cc1cc(OCC2(CO)COC2)cc(C)c1Cl. The molecule has 1 aliphatic heterocycles. The molecule has 0 atom stereocenters. The average Bonchev–Trinajstić information content (AvgIpc) is 2.25. The van der Waals surface area contributed by atoms with E-state index >= 15 is 0 Å². The number of ether oxygens (including phenoxy) is 2. The molecule has 4 heteroatoms. The van der Waals surface area contributed by atoms with Crippen LogP contribution in [0.5, 0.6) is 5.75 Å². The molecule has 1 aromatic rings. The molecule has 0 saturated carbocycles. The first-order chi connectivity index (χ1) is 8.06. The van der Waals surface area contributed by atoms with Crippen LogP contribution < -0.4 is 4.74 Å². The normalized spacial score (nSPS) is 17.6. The van der Waals surface area contributed by atoms with Crippen molar-refractivity contribution in [1.29, 1.82) is 0 Å². The van der Waals surface area contributed by atoms with Gasteiger partial charge in [-0.05, 0) is 37.1 Å². The van der Waals surface area contributed by atoms with Gasteiger partial charge in [-0.2, -0.15) is 0 Å². The number of hydrogen-bond acceptors (Lipinski definition) is 3. The maximum Gasteiger partial charge on any atom is 0.119 e. The van der Waals surface area contributed by atoms with Crippen molar-refractivity contribution in [2.24, 2.45) is 5.41 Å². The standard InChI is InChI=1S/C13H17ClO3/c1-9-3-11(4-10(2)12(9)14)17-8-13(5-15)6-16-7-13/h3-4,15H,5-8H2,1-2H3. The van der Waals surface area contributed by atoms with E-state index in [4.69, 9.17) is 21.1 Å². The van der Waals surface area contributed by atoms with E-state index in [2.05, 4.69) is 0 Å². The molecule has 1 heterocycles. The highest BCUT2D eigenvalue weighted by atomic mass is 35.5. The lowest BCUT2D eigenvalue weighted by Crippen LogP contribution is -2.49. The van der Waals surface area contributed by atoms with Crippen molar-refractivity contribution < 1.29 is 14.6 Å². The van der Waals surface area contributed by atoms with E-state index in [0.29, 0.717) is 19.8 Å². The maximum atomic E-state index is 9.29. The first-order valence-electron chi connectivity index (χ1n) is 5.64. The predicted octanol–water partition coefficient (Wildman–Crippen LogP) is 2.34. The summed E-state index contributed by atoms with van der Waals surface area (Å²) in [5, 5.41) is 10.1. The van der Waals surface area contributed by atoms with Crippen LogP contribution in [-0.2, 0) is 4.74 Å². The Balaban J connectivity index is 2.04. The Morgan fingerprint density at radius 2 is 1.94 bits per heavy atom. The van der Waals surface area contributed by atoms with Gasteiger partial charge >= 0.3 is 0 Å². The zero-order valence-electron chi connectivity index (χ0n) is 10.1.